The van der Waals surface area contributed by atoms with Gasteiger partial charge in [-0.2, -0.15) is 5.26 Å². The molecule has 4 nitrogen and oxygen atoms in total. The van der Waals surface area contributed by atoms with Crippen molar-refractivity contribution in [3.8, 4) is 6.07 Å². The van der Waals surface area contributed by atoms with Crippen LogP contribution in [0.3, 0.4) is 0 Å². The first kappa shape index (κ1) is 12.4. The fraction of sp³-hybridized carbons (Fsp3) is 0.846. The zero-order valence-electron chi connectivity index (χ0n) is 10.2. The first-order valence-corrected chi connectivity index (χ1v) is 6.62. The van der Waals surface area contributed by atoms with E-state index in [4.69, 9.17) is 10.00 Å². The van der Waals surface area contributed by atoms with E-state index in [2.05, 4.69) is 6.07 Å². The van der Waals surface area contributed by atoms with Crippen LogP contribution in [0.15, 0.2) is 0 Å². The van der Waals surface area contributed by atoms with Crippen molar-refractivity contribution < 1.29 is 9.53 Å². The molecule has 1 unspecified atom stereocenters. The van der Waals surface area contributed by atoms with Crippen LogP contribution in [0.25, 0.3) is 0 Å². The maximum atomic E-state index is 12.3. The number of amides is 1. The summed E-state index contributed by atoms with van der Waals surface area (Å²) in [6, 6.07) is 2.48. The van der Waals surface area contributed by atoms with Gasteiger partial charge in [-0.05, 0) is 25.7 Å². The van der Waals surface area contributed by atoms with Crippen molar-refractivity contribution in [2.45, 2.75) is 57.1 Å². The Bertz CT molecular complexity index is 299. The average Bonchev–Trinajstić information content (AvgIpc) is 3.02. The molecular formula is C13H20N2O2. The number of nitriles is 1. The van der Waals surface area contributed by atoms with E-state index in [1.165, 1.54) is 12.8 Å². The van der Waals surface area contributed by atoms with Crippen LogP contribution in [0.2, 0.25) is 0 Å². The van der Waals surface area contributed by atoms with Crippen LogP contribution < -0.4 is 0 Å². The van der Waals surface area contributed by atoms with Gasteiger partial charge in [0, 0.05) is 19.2 Å². The monoisotopic (exact) mass is 236 g/mol. The summed E-state index contributed by atoms with van der Waals surface area (Å²) in [5.41, 5.74) is 0. The predicted molar refractivity (Wildman–Crippen MR) is 63.2 cm³/mol. The lowest BCUT2D eigenvalue weighted by atomic mass is 10.1. The molecule has 2 fully saturated rings. The molecule has 0 bridgehead atoms. The third kappa shape index (κ3) is 2.98. The molecule has 1 saturated heterocycles. The van der Waals surface area contributed by atoms with Gasteiger partial charge in [-0.1, -0.05) is 12.8 Å². The van der Waals surface area contributed by atoms with Crippen molar-refractivity contribution in [1.82, 2.24) is 4.90 Å². The molecule has 1 aliphatic carbocycles. The minimum atomic E-state index is -0.241. The lowest BCUT2D eigenvalue weighted by molar-refractivity contribution is -0.143. The molecule has 0 aromatic rings. The van der Waals surface area contributed by atoms with Gasteiger partial charge in [-0.25, -0.2) is 0 Å². The Hall–Kier alpha value is -1.08. The highest BCUT2D eigenvalue weighted by Crippen LogP contribution is 2.26. The second kappa shape index (κ2) is 6.02. The van der Waals surface area contributed by atoms with Crippen LogP contribution in [0.1, 0.15) is 44.9 Å². The van der Waals surface area contributed by atoms with Crippen LogP contribution >= 0.6 is 0 Å². The minimum Gasteiger partial charge on any atom is -0.368 e. The molecule has 0 spiro atoms. The Labute approximate surface area is 103 Å². The van der Waals surface area contributed by atoms with Gasteiger partial charge in [0.25, 0.3) is 5.91 Å². The van der Waals surface area contributed by atoms with Crippen molar-refractivity contribution in [3.63, 3.8) is 0 Å². The normalized spacial score (nSPS) is 24.8. The molecule has 2 aliphatic rings. The molecule has 0 N–H and O–H groups in total. The summed E-state index contributed by atoms with van der Waals surface area (Å²) in [4.78, 5) is 14.2. The van der Waals surface area contributed by atoms with E-state index in [0.29, 0.717) is 25.6 Å². The van der Waals surface area contributed by atoms with Gasteiger partial charge >= 0.3 is 0 Å². The summed E-state index contributed by atoms with van der Waals surface area (Å²) in [5, 5.41) is 8.69. The highest BCUT2D eigenvalue weighted by Gasteiger charge is 2.33. The lowest BCUT2D eigenvalue weighted by Crippen LogP contribution is -2.44. The standard InChI is InChI=1S/C13H20N2O2/c14-8-4-9-15(11-5-1-2-6-11)13(16)12-7-3-10-17-12/h11-12H,1-7,9-10H2. The van der Waals surface area contributed by atoms with Crippen molar-refractivity contribution in [2.24, 2.45) is 0 Å². The Balaban J connectivity index is 1.97. The van der Waals surface area contributed by atoms with Gasteiger partial charge in [0.05, 0.1) is 12.5 Å². The van der Waals surface area contributed by atoms with E-state index >= 15 is 0 Å². The van der Waals surface area contributed by atoms with Gasteiger partial charge in [0.2, 0.25) is 0 Å². The van der Waals surface area contributed by atoms with Crippen LogP contribution in [0.5, 0.6) is 0 Å². The zero-order valence-corrected chi connectivity index (χ0v) is 10.2. The molecule has 17 heavy (non-hydrogen) atoms. The largest absolute Gasteiger partial charge is 0.368 e. The van der Waals surface area contributed by atoms with E-state index in [0.717, 1.165) is 25.7 Å². The molecule has 0 radical (unpaired) electrons. The zero-order chi connectivity index (χ0) is 12.1. The Kier molecular flexibility index (Phi) is 4.38. The van der Waals surface area contributed by atoms with E-state index < -0.39 is 0 Å². The Morgan fingerprint density at radius 2 is 2.06 bits per heavy atom. The van der Waals surface area contributed by atoms with E-state index in [1.54, 1.807) is 0 Å². The maximum Gasteiger partial charge on any atom is 0.251 e. The Morgan fingerprint density at radius 1 is 1.29 bits per heavy atom. The van der Waals surface area contributed by atoms with Crippen molar-refractivity contribution in [1.29, 1.82) is 5.26 Å². The topological polar surface area (TPSA) is 53.3 Å². The van der Waals surface area contributed by atoms with Crippen LogP contribution in [0.4, 0.5) is 0 Å². The molecule has 4 heteroatoms. The van der Waals surface area contributed by atoms with E-state index in [1.807, 2.05) is 4.90 Å². The number of carbonyl (C=O) groups excluding carboxylic acids is 1. The first-order valence-electron chi connectivity index (χ1n) is 6.62. The lowest BCUT2D eigenvalue weighted by Gasteiger charge is -2.30. The third-order valence-corrected chi connectivity index (χ3v) is 3.72. The van der Waals surface area contributed by atoms with Gasteiger partial charge < -0.3 is 9.64 Å². The van der Waals surface area contributed by atoms with E-state index in [9.17, 15) is 4.79 Å². The molecular weight excluding hydrogens is 216 g/mol. The highest BCUT2D eigenvalue weighted by atomic mass is 16.5. The van der Waals surface area contributed by atoms with Gasteiger partial charge in [-0.3, -0.25) is 4.79 Å². The molecule has 1 aliphatic heterocycles. The number of ether oxygens (including phenoxy) is 1. The van der Waals surface area contributed by atoms with E-state index in [-0.39, 0.29) is 12.0 Å². The quantitative estimate of drug-likeness (QED) is 0.748. The fourth-order valence-corrected chi connectivity index (χ4v) is 2.82. The summed E-state index contributed by atoms with van der Waals surface area (Å²) in [6.45, 7) is 1.27. The SMILES string of the molecule is N#CCCN(C(=O)C1CCCO1)C1CCCC1. The van der Waals surface area contributed by atoms with Crippen LogP contribution in [0, 0.1) is 11.3 Å². The summed E-state index contributed by atoms with van der Waals surface area (Å²) in [6.07, 6.45) is 6.58. The first-order chi connectivity index (χ1) is 8.33. The van der Waals surface area contributed by atoms with Gasteiger partial charge in [-0.15, -0.1) is 0 Å². The number of nitrogens with zero attached hydrogens (tertiary/aromatic N) is 2. The third-order valence-electron chi connectivity index (χ3n) is 3.72. The number of carbonyl (C=O) groups is 1. The van der Waals surface area contributed by atoms with Gasteiger partial charge in [0.15, 0.2) is 0 Å². The summed E-state index contributed by atoms with van der Waals surface area (Å²) < 4.78 is 5.46. The summed E-state index contributed by atoms with van der Waals surface area (Å²) in [7, 11) is 0. The number of hydrogen-bond acceptors (Lipinski definition) is 3. The molecule has 1 atom stereocenters. The Morgan fingerprint density at radius 3 is 2.65 bits per heavy atom. The second-order valence-electron chi connectivity index (χ2n) is 4.88. The molecule has 1 amide bonds. The van der Waals surface area contributed by atoms with Crippen molar-refractivity contribution in [3.05, 3.63) is 0 Å². The summed E-state index contributed by atoms with van der Waals surface area (Å²) >= 11 is 0. The highest BCUT2D eigenvalue weighted by molar-refractivity contribution is 5.81. The van der Waals surface area contributed by atoms with Crippen LogP contribution in [-0.4, -0.2) is 36.1 Å². The molecule has 0 aromatic heterocycles. The smallest absolute Gasteiger partial charge is 0.251 e. The van der Waals surface area contributed by atoms with Crippen LogP contribution in [-0.2, 0) is 9.53 Å². The van der Waals surface area contributed by atoms with Crippen molar-refractivity contribution >= 4 is 5.91 Å². The molecule has 1 saturated carbocycles. The average molecular weight is 236 g/mol. The number of hydrogen-bond donors (Lipinski definition) is 0. The van der Waals surface area contributed by atoms with Crippen molar-refractivity contribution in [2.75, 3.05) is 13.2 Å². The number of rotatable bonds is 4. The summed E-state index contributed by atoms with van der Waals surface area (Å²) in [5.74, 6) is 0.115. The molecule has 0 aromatic carbocycles. The predicted octanol–water partition coefficient (Wildman–Crippen LogP) is 1.85. The molecule has 1 heterocycles. The second-order valence-corrected chi connectivity index (χ2v) is 4.88. The maximum absolute atomic E-state index is 12.3. The minimum absolute atomic E-state index is 0.115. The molecule has 2 rings (SSSR count). The fourth-order valence-electron chi connectivity index (χ4n) is 2.82. The molecule has 94 valence electrons. The van der Waals surface area contributed by atoms with Gasteiger partial charge in [0.1, 0.15) is 6.10 Å².